The maximum absolute atomic E-state index is 13.4. The third-order valence-electron chi connectivity index (χ3n) is 4.30. The van der Waals surface area contributed by atoms with Gasteiger partial charge in [0.05, 0.1) is 24.8 Å². The summed E-state index contributed by atoms with van der Waals surface area (Å²) in [5.74, 6) is -0.457. The molecule has 0 atom stereocenters. The van der Waals surface area contributed by atoms with E-state index in [9.17, 15) is 22.8 Å². The number of carbonyl (C=O) groups is 2. The molecule has 0 bridgehead atoms. The summed E-state index contributed by atoms with van der Waals surface area (Å²) >= 11 is 0.979. The largest absolute Gasteiger partial charge is 0.465 e. The van der Waals surface area contributed by atoms with Crippen molar-refractivity contribution in [1.82, 2.24) is 4.90 Å². The molecule has 0 saturated carbocycles. The fraction of sp³-hybridized carbons (Fsp3) is 0.391. The topological polar surface area (TPSA) is 65.1 Å². The Labute approximate surface area is 195 Å². The van der Waals surface area contributed by atoms with E-state index in [0.29, 0.717) is 5.56 Å². The highest BCUT2D eigenvalue weighted by atomic mass is 32.2. The van der Waals surface area contributed by atoms with Crippen LogP contribution in [-0.2, 0) is 22.2 Å². The summed E-state index contributed by atoms with van der Waals surface area (Å²) in [6.07, 6.45) is -3.60. The molecule has 0 heterocycles. The number of carbonyl (C=O) groups excluding carboxylic acids is 2. The summed E-state index contributed by atoms with van der Waals surface area (Å²) in [7, 11) is 2.73. The lowest BCUT2D eigenvalue weighted by Crippen LogP contribution is -2.33. The average Bonchev–Trinajstić information content (AvgIpc) is 2.72. The molecule has 10 heteroatoms. The molecule has 2 aromatic rings. The zero-order valence-electron chi connectivity index (χ0n) is 19.2. The van der Waals surface area contributed by atoms with Crippen LogP contribution in [0.5, 0.6) is 11.5 Å². The fourth-order valence-corrected chi connectivity index (χ4v) is 3.41. The maximum atomic E-state index is 13.4. The van der Waals surface area contributed by atoms with Crippen molar-refractivity contribution >= 4 is 23.8 Å². The number of hydrogen-bond acceptors (Lipinski definition) is 6. The van der Waals surface area contributed by atoms with Gasteiger partial charge in [0.25, 0.3) is 0 Å². The smallest absolute Gasteiger partial charge is 0.417 e. The minimum Gasteiger partial charge on any atom is -0.465 e. The number of benzene rings is 2. The lowest BCUT2D eigenvalue weighted by atomic mass is 10.1. The van der Waals surface area contributed by atoms with Gasteiger partial charge < -0.3 is 19.1 Å². The second kappa shape index (κ2) is 10.4. The molecule has 0 unspecified atom stereocenters. The first-order valence-electron chi connectivity index (χ1n) is 9.83. The molecule has 6 nitrogen and oxygen atoms in total. The first kappa shape index (κ1) is 26.4. The predicted molar refractivity (Wildman–Crippen MR) is 119 cm³/mol. The highest BCUT2D eigenvalue weighted by Crippen LogP contribution is 2.39. The third kappa shape index (κ3) is 7.31. The normalized spacial score (nSPS) is 11.7. The maximum Gasteiger partial charge on any atom is 0.417 e. The van der Waals surface area contributed by atoms with E-state index in [1.165, 1.54) is 49.4 Å². The molecule has 2 aromatic carbocycles. The molecule has 0 aromatic heterocycles. The van der Waals surface area contributed by atoms with Crippen molar-refractivity contribution in [1.29, 1.82) is 0 Å². The van der Waals surface area contributed by atoms with Gasteiger partial charge in [0.1, 0.15) is 17.1 Å². The molecule has 0 aliphatic carbocycles. The third-order valence-corrected chi connectivity index (χ3v) is 5.09. The average molecular weight is 486 g/mol. The molecule has 0 aliphatic rings. The molecule has 2 rings (SSSR count). The van der Waals surface area contributed by atoms with Crippen molar-refractivity contribution in [2.24, 2.45) is 0 Å². The van der Waals surface area contributed by atoms with Gasteiger partial charge in [-0.15, -0.1) is 11.8 Å². The van der Waals surface area contributed by atoms with E-state index in [1.807, 2.05) is 0 Å². The Bertz CT molecular complexity index is 1020. The molecule has 0 radical (unpaired) electrons. The summed E-state index contributed by atoms with van der Waals surface area (Å²) in [6, 6.07) is 8.01. The Morgan fingerprint density at radius 3 is 2.27 bits per heavy atom. The van der Waals surface area contributed by atoms with E-state index in [2.05, 4.69) is 0 Å². The van der Waals surface area contributed by atoms with Gasteiger partial charge in [-0.1, -0.05) is 0 Å². The second-order valence-corrected chi connectivity index (χ2v) is 8.96. The van der Waals surface area contributed by atoms with Crippen LogP contribution in [0.15, 0.2) is 41.3 Å². The number of amides is 1. The molecule has 33 heavy (non-hydrogen) atoms. The lowest BCUT2D eigenvalue weighted by Gasteiger charge is -2.25. The summed E-state index contributed by atoms with van der Waals surface area (Å²) in [6.45, 7) is 5.15. The van der Waals surface area contributed by atoms with E-state index in [-0.39, 0.29) is 28.5 Å². The summed E-state index contributed by atoms with van der Waals surface area (Å²) in [5.41, 5.74) is -0.947. The van der Waals surface area contributed by atoms with Gasteiger partial charge in [-0.25, -0.2) is 9.59 Å². The van der Waals surface area contributed by atoms with Crippen LogP contribution in [0.25, 0.3) is 0 Å². The second-order valence-electron chi connectivity index (χ2n) is 8.11. The van der Waals surface area contributed by atoms with E-state index in [1.54, 1.807) is 27.0 Å². The minimum absolute atomic E-state index is 0.0237. The van der Waals surface area contributed by atoms with Gasteiger partial charge in [-0.2, -0.15) is 13.2 Å². The van der Waals surface area contributed by atoms with Crippen molar-refractivity contribution in [3.63, 3.8) is 0 Å². The number of halogens is 3. The van der Waals surface area contributed by atoms with Gasteiger partial charge >= 0.3 is 18.2 Å². The van der Waals surface area contributed by atoms with E-state index in [0.717, 1.165) is 17.8 Å². The molecule has 180 valence electrons. The van der Waals surface area contributed by atoms with Crippen LogP contribution in [0.3, 0.4) is 0 Å². The first-order chi connectivity index (χ1) is 15.2. The van der Waals surface area contributed by atoms with Crippen LogP contribution < -0.4 is 4.74 Å². The summed E-state index contributed by atoms with van der Waals surface area (Å²) in [5, 5.41) is 0. The molecule has 0 spiro atoms. The van der Waals surface area contributed by atoms with Crippen molar-refractivity contribution < 1.29 is 37.0 Å². The Kier molecular flexibility index (Phi) is 8.29. The molecule has 0 N–H and O–H groups in total. The molecule has 0 aliphatic heterocycles. The zero-order valence-corrected chi connectivity index (χ0v) is 20.0. The summed E-state index contributed by atoms with van der Waals surface area (Å²) in [4.78, 5) is 25.7. The Hall–Kier alpha value is -2.88. The number of nitrogens with zero attached hydrogens (tertiary/aromatic N) is 1. The quantitative estimate of drug-likeness (QED) is 0.350. The van der Waals surface area contributed by atoms with Crippen molar-refractivity contribution in [2.75, 3.05) is 20.4 Å². The number of methoxy groups -OCH3 is 1. The minimum atomic E-state index is -4.55. The van der Waals surface area contributed by atoms with Crippen LogP contribution in [0.2, 0.25) is 0 Å². The number of rotatable bonds is 6. The number of ether oxygens (including phenoxy) is 3. The van der Waals surface area contributed by atoms with E-state index < -0.39 is 29.4 Å². The standard InChI is InChI=1S/C23H26F3NO5S/c1-22(2,3)32-21(29)27(4)13-15-11-14(20(28)30-5)7-9-18(15)31-16-8-10-19(33-6)17(12-16)23(24,25)26/h7-12H,13H2,1-6H3. The highest BCUT2D eigenvalue weighted by molar-refractivity contribution is 7.98. The Balaban J connectivity index is 2.42. The van der Waals surface area contributed by atoms with E-state index in [4.69, 9.17) is 14.2 Å². The van der Waals surface area contributed by atoms with Gasteiger partial charge in [-0.05, 0) is 63.4 Å². The highest BCUT2D eigenvalue weighted by Gasteiger charge is 2.34. The summed E-state index contributed by atoms with van der Waals surface area (Å²) < 4.78 is 56.1. The van der Waals surface area contributed by atoms with Crippen molar-refractivity contribution in [3.05, 3.63) is 53.1 Å². The number of esters is 1. The predicted octanol–water partition coefficient (Wildman–Crippen LogP) is 6.37. The van der Waals surface area contributed by atoms with Gasteiger partial charge in [0, 0.05) is 17.5 Å². The van der Waals surface area contributed by atoms with Crippen molar-refractivity contribution in [3.8, 4) is 11.5 Å². The molecule has 0 saturated heterocycles. The van der Waals surface area contributed by atoms with Crippen molar-refractivity contribution in [2.45, 2.75) is 44.0 Å². The molecular weight excluding hydrogens is 459 g/mol. The van der Waals surface area contributed by atoms with Gasteiger partial charge in [-0.3, -0.25) is 0 Å². The van der Waals surface area contributed by atoms with Crippen LogP contribution in [0.4, 0.5) is 18.0 Å². The SMILES string of the molecule is COC(=O)c1ccc(Oc2ccc(SC)c(C(F)(F)F)c2)c(CN(C)C(=O)OC(C)(C)C)c1. The van der Waals surface area contributed by atoms with Crippen LogP contribution in [-0.4, -0.2) is 43.0 Å². The van der Waals surface area contributed by atoms with Crippen LogP contribution >= 0.6 is 11.8 Å². The van der Waals surface area contributed by atoms with Gasteiger partial charge in [0.15, 0.2) is 0 Å². The van der Waals surface area contributed by atoms with E-state index >= 15 is 0 Å². The molecule has 1 amide bonds. The number of alkyl halides is 3. The number of thioether (sulfide) groups is 1. The first-order valence-corrected chi connectivity index (χ1v) is 11.1. The fourth-order valence-electron chi connectivity index (χ4n) is 2.81. The zero-order chi connectivity index (χ0) is 25.0. The number of hydrogen-bond donors (Lipinski definition) is 0. The molecule has 0 fully saturated rings. The lowest BCUT2D eigenvalue weighted by molar-refractivity contribution is -0.139. The Morgan fingerprint density at radius 1 is 1.06 bits per heavy atom. The van der Waals surface area contributed by atoms with Crippen LogP contribution in [0.1, 0.15) is 42.3 Å². The Morgan fingerprint density at radius 2 is 1.73 bits per heavy atom. The monoisotopic (exact) mass is 485 g/mol. The van der Waals surface area contributed by atoms with Crippen LogP contribution in [0, 0.1) is 0 Å². The van der Waals surface area contributed by atoms with Gasteiger partial charge in [0.2, 0.25) is 0 Å². The molecular formula is C23H26F3NO5S.